The van der Waals surface area contributed by atoms with Crippen LogP contribution in [0.5, 0.6) is 5.75 Å². The first-order valence-corrected chi connectivity index (χ1v) is 9.18. The quantitative estimate of drug-likeness (QED) is 0.804. The zero-order valence-corrected chi connectivity index (χ0v) is 15.3. The Bertz CT molecular complexity index is 821. The standard InChI is InChI=1S/C21H23FN2O3/c1-2-3-12-24-19-10-7-17(13-15(19)4-11-21(24)26)23-20(25)14-27-18-8-5-16(22)6-9-18/h5-10,13H,2-4,11-12,14H2,1H3,(H,23,25). The van der Waals surface area contributed by atoms with Gasteiger partial charge in [-0.2, -0.15) is 0 Å². The molecule has 1 N–H and O–H groups in total. The van der Waals surface area contributed by atoms with Crippen LogP contribution in [-0.4, -0.2) is 25.0 Å². The molecule has 1 aliphatic heterocycles. The van der Waals surface area contributed by atoms with E-state index in [0.29, 0.717) is 24.3 Å². The lowest BCUT2D eigenvalue weighted by atomic mass is 10.00. The molecular formula is C21H23FN2O3. The number of rotatable bonds is 7. The maximum Gasteiger partial charge on any atom is 0.262 e. The van der Waals surface area contributed by atoms with Crippen molar-refractivity contribution in [1.29, 1.82) is 0 Å². The van der Waals surface area contributed by atoms with Gasteiger partial charge in [-0.1, -0.05) is 13.3 Å². The highest BCUT2D eigenvalue weighted by atomic mass is 19.1. The van der Waals surface area contributed by atoms with Crippen molar-refractivity contribution in [2.75, 3.05) is 23.4 Å². The lowest BCUT2D eigenvalue weighted by Gasteiger charge is -2.29. The zero-order valence-electron chi connectivity index (χ0n) is 15.3. The molecule has 6 heteroatoms. The van der Waals surface area contributed by atoms with Crippen LogP contribution in [0.3, 0.4) is 0 Å². The molecule has 0 saturated carbocycles. The third-order valence-corrected chi connectivity index (χ3v) is 4.48. The molecule has 0 bridgehead atoms. The van der Waals surface area contributed by atoms with Gasteiger partial charge in [-0.25, -0.2) is 4.39 Å². The average molecular weight is 370 g/mol. The van der Waals surface area contributed by atoms with Gasteiger partial charge in [-0.05, 0) is 60.9 Å². The number of anilines is 2. The van der Waals surface area contributed by atoms with Crippen LogP contribution in [0.1, 0.15) is 31.7 Å². The minimum absolute atomic E-state index is 0.153. The molecular weight excluding hydrogens is 347 g/mol. The Morgan fingerprint density at radius 2 is 1.96 bits per heavy atom. The van der Waals surface area contributed by atoms with E-state index in [-0.39, 0.29) is 24.2 Å². The van der Waals surface area contributed by atoms with Gasteiger partial charge in [0, 0.05) is 24.3 Å². The second-order valence-corrected chi connectivity index (χ2v) is 6.53. The maximum atomic E-state index is 12.9. The number of carbonyl (C=O) groups excluding carboxylic acids is 2. The van der Waals surface area contributed by atoms with Crippen molar-refractivity contribution in [3.63, 3.8) is 0 Å². The normalized spacial score (nSPS) is 13.3. The highest BCUT2D eigenvalue weighted by Gasteiger charge is 2.23. The van der Waals surface area contributed by atoms with Crippen molar-refractivity contribution >= 4 is 23.2 Å². The largest absolute Gasteiger partial charge is 0.484 e. The summed E-state index contributed by atoms with van der Waals surface area (Å²) in [6.07, 6.45) is 3.15. The number of nitrogens with one attached hydrogen (secondary N) is 1. The Morgan fingerprint density at radius 1 is 1.19 bits per heavy atom. The van der Waals surface area contributed by atoms with Crippen molar-refractivity contribution in [2.24, 2.45) is 0 Å². The summed E-state index contributed by atoms with van der Waals surface area (Å²) < 4.78 is 18.2. The van der Waals surface area contributed by atoms with Crippen molar-refractivity contribution in [3.05, 3.63) is 53.8 Å². The minimum Gasteiger partial charge on any atom is -0.484 e. The summed E-state index contributed by atoms with van der Waals surface area (Å²) in [7, 11) is 0. The summed E-state index contributed by atoms with van der Waals surface area (Å²) in [5, 5.41) is 2.80. The fraction of sp³-hybridized carbons (Fsp3) is 0.333. The molecule has 2 amide bonds. The number of unbranched alkanes of at least 4 members (excludes halogenated alkanes) is 1. The summed E-state index contributed by atoms with van der Waals surface area (Å²) in [6.45, 7) is 2.66. The Kier molecular flexibility index (Phi) is 6.06. The molecule has 1 heterocycles. The topological polar surface area (TPSA) is 58.6 Å². The molecule has 1 aliphatic rings. The average Bonchev–Trinajstić information content (AvgIpc) is 2.67. The number of benzene rings is 2. The molecule has 27 heavy (non-hydrogen) atoms. The van der Waals surface area contributed by atoms with Gasteiger partial charge in [0.15, 0.2) is 6.61 Å². The van der Waals surface area contributed by atoms with Gasteiger partial charge < -0.3 is 15.0 Å². The van der Waals surface area contributed by atoms with Crippen LogP contribution in [0.2, 0.25) is 0 Å². The molecule has 0 saturated heterocycles. The van der Waals surface area contributed by atoms with E-state index < -0.39 is 0 Å². The lowest BCUT2D eigenvalue weighted by molar-refractivity contribution is -0.119. The van der Waals surface area contributed by atoms with Crippen LogP contribution in [0, 0.1) is 5.82 Å². The molecule has 142 valence electrons. The zero-order chi connectivity index (χ0) is 19.2. The van der Waals surface area contributed by atoms with Crippen LogP contribution in [0.25, 0.3) is 0 Å². The predicted octanol–water partition coefficient (Wildman–Crippen LogP) is 3.92. The molecule has 2 aromatic rings. The summed E-state index contributed by atoms with van der Waals surface area (Å²) in [6, 6.07) is 11.1. The van der Waals surface area contributed by atoms with E-state index in [1.54, 1.807) is 6.07 Å². The van der Waals surface area contributed by atoms with Gasteiger partial charge in [0.1, 0.15) is 11.6 Å². The van der Waals surface area contributed by atoms with E-state index in [4.69, 9.17) is 4.74 Å². The number of amides is 2. The molecule has 2 aromatic carbocycles. The van der Waals surface area contributed by atoms with Crippen molar-refractivity contribution in [1.82, 2.24) is 0 Å². The Labute approximate surface area is 158 Å². The number of fused-ring (bicyclic) bond motifs is 1. The number of ether oxygens (including phenoxy) is 1. The van der Waals surface area contributed by atoms with Crippen molar-refractivity contribution in [3.8, 4) is 5.75 Å². The molecule has 0 spiro atoms. The highest BCUT2D eigenvalue weighted by Crippen LogP contribution is 2.30. The second kappa shape index (κ2) is 8.66. The van der Waals surface area contributed by atoms with Gasteiger partial charge in [0.2, 0.25) is 5.91 Å². The molecule has 0 aliphatic carbocycles. The van der Waals surface area contributed by atoms with E-state index in [0.717, 1.165) is 30.6 Å². The van der Waals surface area contributed by atoms with E-state index in [9.17, 15) is 14.0 Å². The fourth-order valence-electron chi connectivity index (χ4n) is 3.08. The molecule has 0 fully saturated rings. The third kappa shape index (κ3) is 4.84. The van der Waals surface area contributed by atoms with Gasteiger partial charge in [-0.3, -0.25) is 9.59 Å². The van der Waals surface area contributed by atoms with Gasteiger partial charge >= 0.3 is 0 Å². The summed E-state index contributed by atoms with van der Waals surface area (Å²) in [5.41, 5.74) is 2.66. The minimum atomic E-state index is -0.354. The fourth-order valence-corrected chi connectivity index (χ4v) is 3.08. The Hall–Kier alpha value is -2.89. The van der Waals surface area contributed by atoms with E-state index in [1.165, 1.54) is 24.3 Å². The van der Waals surface area contributed by atoms with E-state index >= 15 is 0 Å². The van der Waals surface area contributed by atoms with Crippen molar-refractivity contribution in [2.45, 2.75) is 32.6 Å². The molecule has 0 atom stereocenters. The number of carbonyl (C=O) groups is 2. The maximum absolute atomic E-state index is 12.9. The van der Waals surface area contributed by atoms with Gasteiger partial charge in [0.25, 0.3) is 5.91 Å². The Morgan fingerprint density at radius 3 is 2.70 bits per heavy atom. The van der Waals surface area contributed by atoms with Crippen LogP contribution in [-0.2, 0) is 16.0 Å². The van der Waals surface area contributed by atoms with Crippen LogP contribution in [0.15, 0.2) is 42.5 Å². The smallest absolute Gasteiger partial charge is 0.262 e. The third-order valence-electron chi connectivity index (χ3n) is 4.48. The molecule has 0 radical (unpaired) electrons. The summed E-state index contributed by atoms with van der Waals surface area (Å²) >= 11 is 0. The first kappa shape index (κ1) is 18.9. The second-order valence-electron chi connectivity index (χ2n) is 6.53. The molecule has 0 unspecified atom stereocenters. The number of halogens is 1. The number of nitrogens with zero attached hydrogens (tertiary/aromatic N) is 1. The van der Waals surface area contributed by atoms with E-state index in [2.05, 4.69) is 12.2 Å². The molecule has 3 rings (SSSR count). The predicted molar refractivity (Wildman–Crippen MR) is 103 cm³/mol. The van der Waals surface area contributed by atoms with E-state index in [1.807, 2.05) is 17.0 Å². The highest BCUT2D eigenvalue weighted by molar-refractivity contribution is 5.97. The summed E-state index contributed by atoms with van der Waals surface area (Å²) in [4.78, 5) is 26.1. The lowest BCUT2D eigenvalue weighted by Crippen LogP contribution is -2.35. The number of hydrogen-bond acceptors (Lipinski definition) is 3. The monoisotopic (exact) mass is 370 g/mol. The van der Waals surface area contributed by atoms with Gasteiger partial charge in [0.05, 0.1) is 0 Å². The number of aryl methyl sites for hydroxylation is 1. The van der Waals surface area contributed by atoms with Crippen molar-refractivity contribution < 1.29 is 18.7 Å². The van der Waals surface area contributed by atoms with Crippen LogP contribution in [0.4, 0.5) is 15.8 Å². The first-order chi connectivity index (χ1) is 13.1. The van der Waals surface area contributed by atoms with Crippen LogP contribution >= 0.6 is 0 Å². The SMILES string of the molecule is CCCCN1C(=O)CCc2cc(NC(=O)COc3ccc(F)cc3)ccc21. The van der Waals surface area contributed by atoms with Crippen LogP contribution < -0.4 is 15.0 Å². The Balaban J connectivity index is 1.61. The molecule has 5 nitrogen and oxygen atoms in total. The molecule has 0 aromatic heterocycles. The first-order valence-electron chi connectivity index (χ1n) is 9.18. The number of hydrogen-bond donors (Lipinski definition) is 1. The summed E-state index contributed by atoms with van der Waals surface area (Å²) in [5.74, 6) is -0.0659. The van der Waals surface area contributed by atoms with Gasteiger partial charge in [-0.15, -0.1) is 0 Å².